The van der Waals surface area contributed by atoms with Crippen LogP contribution < -0.4 is 5.32 Å². The molecule has 1 nitrogen and oxygen atoms in total. The fourth-order valence-corrected chi connectivity index (χ4v) is 4.66. The van der Waals surface area contributed by atoms with Crippen LogP contribution in [-0.2, 0) is 0 Å². The minimum absolute atomic E-state index is 0.162. The zero-order valence-corrected chi connectivity index (χ0v) is 13.4. The second-order valence-corrected chi connectivity index (χ2v) is 7.79. The van der Waals surface area contributed by atoms with Crippen LogP contribution in [0.25, 0.3) is 0 Å². The summed E-state index contributed by atoms with van der Waals surface area (Å²) in [4.78, 5) is 2.40. The lowest BCUT2D eigenvalue weighted by atomic mass is 10.0. The van der Waals surface area contributed by atoms with E-state index in [1.54, 1.807) is 29.2 Å². The number of thioether (sulfide) groups is 1. The van der Waals surface area contributed by atoms with Crippen molar-refractivity contribution in [2.24, 2.45) is 0 Å². The Morgan fingerprint density at radius 3 is 2.95 bits per heavy atom. The molecule has 1 aliphatic heterocycles. The van der Waals surface area contributed by atoms with E-state index in [1.165, 1.54) is 15.8 Å². The third-order valence-corrected chi connectivity index (χ3v) is 6.02. The monoisotopic (exact) mass is 327 g/mol. The van der Waals surface area contributed by atoms with E-state index in [-0.39, 0.29) is 17.9 Å². The van der Waals surface area contributed by atoms with Crippen LogP contribution in [0.3, 0.4) is 0 Å². The molecule has 106 valence electrons. The number of nitrogens with one attached hydrogen (secondary N) is 1. The number of thiophene rings is 1. The molecule has 0 amide bonds. The van der Waals surface area contributed by atoms with E-state index >= 15 is 0 Å². The Kier molecular flexibility index (Phi) is 4.36. The van der Waals surface area contributed by atoms with Crippen molar-refractivity contribution >= 4 is 34.7 Å². The number of fused-ring (bicyclic) bond motifs is 1. The maximum Gasteiger partial charge on any atom is 0.123 e. The lowest BCUT2D eigenvalue weighted by Gasteiger charge is -2.28. The highest BCUT2D eigenvalue weighted by Crippen LogP contribution is 2.38. The van der Waals surface area contributed by atoms with Crippen molar-refractivity contribution in [1.29, 1.82) is 0 Å². The number of halogens is 2. The summed E-state index contributed by atoms with van der Waals surface area (Å²) in [6, 6.07) is 9.48. The molecule has 2 unspecified atom stereocenters. The molecule has 0 bridgehead atoms. The van der Waals surface area contributed by atoms with Crippen molar-refractivity contribution in [1.82, 2.24) is 5.32 Å². The van der Waals surface area contributed by atoms with Crippen LogP contribution in [-0.4, -0.2) is 5.75 Å². The minimum Gasteiger partial charge on any atom is -0.303 e. The summed E-state index contributed by atoms with van der Waals surface area (Å²) in [5.74, 6) is 0.902. The van der Waals surface area contributed by atoms with Crippen molar-refractivity contribution in [2.45, 2.75) is 30.3 Å². The van der Waals surface area contributed by atoms with Crippen molar-refractivity contribution in [3.05, 3.63) is 50.9 Å². The predicted molar refractivity (Wildman–Crippen MR) is 85.4 cm³/mol. The number of hydrogen-bond donors (Lipinski definition) is 1. The van der Waals surface area contributed by atoms with Gasteiger partial charge in [-0.15, -0.1) is 23.1 Å². The zero-order chi connectivity index (χ0) is 14.1. The molecule has 0 spiro atoms. The van der Waals surface area contributed by atoms with Gasteiger partial charge in [0.15, 0.2) is 0 Å². The molecule has 0 radical (unpaired) electrons. The Morgan fingerprint density at radius 2 is 2.20 bits per heavy atom. The molecule has 3 rings (SSSR count). The number of rotatable bonds is 3. The summed E-state index contributed by atoms with van der Waals surface area (Å²) in [5, 5.41) is 3.60. The molecular formula is C15H15ClFNS2. The van der Waals surface area contributed by atoms with Crippen LogP contribution in [0.2, 0.25) is 4.34 Å². The summed E-state index contributed by atoms with van der Waals surface area (Å²) in [6.07, 6.45) is 1.02. The molecule has 1 aromatic carbocycles. The van der Waals surface area contributed by atoms with Gasteiger partial charge in [-0.3, -0.25) is 0 Å². The second-order valence-electron chi connectivity index (χ2n) is 4.90. The average molecular weight is 328 g/mol. The van der Waals surface area contributed by atoms with Gasteiger partial charge in [-0.25, -0.2) is 4.39 Å². The first-order valence-corrected chi connectivity index (χ1v) is 8.75. The molecule has 2 atom stereocenters. The van der Waals surface area contributed by atoms with E-state index in [0.717, 1.165) is 22.1 Å². The smallest absolute Gasteiger partial charge is 0.123 e. The Balaban J connectivity index is 1.80. The lowest BCUT2D eigenvalue weighted by Crippen LogP contribution is -2.27. The highest BCUT2D eigenvalue weighted by Gasteiger charge is 2.23. The molecule has 1 aromatic heterocycles. The molecule has 2 aromatic rings. The molecule has 0 saturated heterocycles. The van der Waals surface area contributed by atoms with Crippen LogP contribution in [0, 0.1) is 5.82 Å². The first-order chi connectivity index (χ1) is 9.63. The highest BCUT2D eigenvalue weighted by atomic mass is 35.5. The van der Waals surface area contributed by atoms with Crippen molar-refractivity contribution in [2.75, 3.05) is 5.75 Å². The molecule has 0 aliphatic carbocycles. The Hall–Kier alpha value is -0.550. The summed E-state index contributed by atoms with van der Waals surface area (Å²) in [7, 11) is 0. The summed E-state index contributed by atoms with van der Waals surface area (Å²) < 4.78 is 14.3. The third kappa shape index (κ3) is 3.03. The second kappa shape index (κ2) is 6.06. The quantitative estimate of drug-likeness (QED) is 0.806. The van der Waals surface area contributed by atoms with E-state index in [2.05, 4.69) is 18.3 Å². The van der Waals surface area contributed by atoms with Gasteiger partial charge in [0.25, 0.3) is 0 Å². The zero-order valence-electron chi connectivity index (χ0n) is 11.0. The van der Waals surface area contributed by atoms with E-state index < -0.39 is 0 Å². The maximum atomic E-state index is 13.5. The fourth-order valence-electron chi connectivity index (χ4n) is 2.48. The molecule has 1 N–H and O–H groups in total. The number of benzene rings is 1. The Bertz CT molecular complexity index is 614. The van der Waals surface area contributed by atoms with E-state index in [4.69, 9.17) is 11.6 Å². The Labute approximate surface area is 131 Å². The maximum absolute atomic E-state index is 13.5. The van der Waals surface area contributed by atoms with Gasteiger partial charge >= 0.3 is 0 Å². The molecule has 1 aliphatic rings. The predicted octanol–water partition coefficient (Wildman–Crippen LogP) is 5.43. The molecule has 0 fully saturated rings. The van der Waals surface area contributed by atoms with Gasteiger partial charge < -0.3 is 5.32 Å². The van der Waals surface area contributed by atoms with Crippen LogP contribution in [0.1, 0.15) is 35.9 Å². The van der Waals surface area contributed by atoms with Crippen molar-refractivity contribution in [3.8, 4) is 0 Å². The lowest BCUT2D eigenvalue weighted by molar-refractivity contribution is 0.451. The third-order valence-electron chi connectivity index (χ3n) is 3.48. The summed E-state index contributed by atoms with van der Waals surface area (Å²) in [6.45, 7) is 2.13. The molecule has 20 heavy (non-hydrogen) atoms. The van der Waals surface area contributed by atoms with Crippen LogP contribution in [0.5, 0.6) is 0 Å². The van der Waals surface area contributed by atoms with Gasteiger partial charge in [0.05, 0.1) is 4.34 Å². The van der Waals surface area contributed by atoms with Gasteiger partial charge in [-0.1, -0.05) is 11.6 Å². The highest BCUT2D eigenvalue weighted by molar-refractivity contribution is 7.99. The average Bonchev–Trinajstić information content (AvgIpc) is 2.86. The van der Waals surface area contributed by atoms with Crippen LogP contribution in [0.15, 0.2) is 35.2 Å². The van der Waals surface area contributed by atoms with Crippen molar-refractivity contribution in [3.63, 3.8) is 0 Å². The van der Waals surface area contributed by atoms with Crippen LogP contribution in [0.4, 0.5) is 4.39 Å². The van der Waals surface area contributed by atoms with E-state index in [9.17, 15) is 4.39 Å². The summed E-state index contributed by atoms with van der Waals surface area (Å²) in [5.41, 5.74) is 1.08. The van der Waals surface area contributed by atoms with Crippen molar-refractivity contribution < 1.29 is 4.39 Å². The van der Waals surface area contributed by atoms with E-state index in [1.807, 2.05) is 12.1 Å². The first-order valence-electron chi connectivity index (χ1n) is 6.57. The summed E-state index contributed by atoms with van der Waals surface area (Å²) >= 11 is 9.38. The normalized spacial score (nSPS) is 19.6. The SMILES string of the molecule is CC(NC1CCSc2ccc(F)cc21)c1ccc(Cl)s1. The van der Waals surface area contributed by atoms with Crippen LogP contribution >= 0.6 is 34.7 Å². The van der Waals surface area contributed by atoms with Gasteiger partial charge in [0.1, 0.15) is 5.82 Å². The number of hydrogen-bond acceptors (Lipinski definition) is 3. The minimum atomic E-state index is -0.162. The van der Waals surface area contributed by atoms with E-state index in [0.29, 0.717) is 0 Å². The first kappa shape index (κ1) is 14.4. The standard InChI is InChI=1S/C15H15ClFNS2/c1-9(13-4-5-15(16)20-13)18-12-6-7-19-14-3-2-10(17)8-11(12)14/h2-5,8-9,12,18H,6-7H2,1H3. The largest absolute Gasteiger partial charge is 0.303 e. The van der Waals surface area contributed by atoms with Gasteiger partial charge in [0, 0.05) is 21.9 Å². The fraction of sp³-hybridized carbons (Fsp3) is 0.333. The molecule has 5 heteroatoms. The topological polar surface area (TPSA) is 12.0 Å². The Morgan fingerprint density at radius 1 is 1.35 bits per heavy atom. The van der Waals surface area contributed by atoms with Gasteiger partial charge in [-0.2, -0.15) is 0 Å². The van der Waals surface area contributed by atoms with Gasteiger partial charge in [-0.05, 0) is 55.0 Å². The molecule has 2 heterocycles. The molecular weight excluding hydrogens is 313 g/mol. The van der Waals surface area contributed by atoms with Gasteiger partial charge in [0.2, 0.25) is 0 Å². The molecule has 0 saturated carbocycles.